The summed E-state index contributed by atoms with van der Waals surface area (Å²) in [5, 5.41) is 9.00. The quantitative estimate of drug-likeness (QED) is 0.788. The van der Waals surface area contributed by atoms with Crippen LogP contribution >= 0.6 is 0 Å². The molecule has 1 aliphatic carbocycles. The van der Waals surface area contributed by atoms with E-state index in [4.69, 9.17) is 9.84 Å². The maximum atomic E-state index is 11.6. The van der Waals surface area contributed by atoms with Crippen LogP contribution in [0.5, 0.6) is 0 Å². The van der Waals surface area contributed by atoms with E-state index in [9.17, 15) is 4.79 Å². The molecule has 3 heteroatoms. The molecule has 1 aromatic rings. The fraction of sp³-hybridized carbons (Fsp3) is 0.462. The molecule has 1 aromatic carbocycles. The van der Waals surface area contributed by atoms with Crippen LogP contribution in [0.1, 0.15) is 23.2 Å². The second kappa shape index (κ2) is 5.12. The van der Waals surface area contributed by atoms with Gasteiger partial charge in [-0.1, -0.05) is 18.2 Å². The average molecular weight is 220 g/mol. The Balaban J connectivity index is 1.80. The third-order valence-electron chi connectivity index (χ3n) is 3.25. The molecule has 3 nitrogen and oxygen atoms in total. The topological polar surface area (TPSA) is 46.5 Å². The van der Waals surface area contributed by atoms with E-state index in [-0.39, 0.29) is 12.6 Å². The Bertz CT molecular complexity index is 345. The highest BCUT2D eigenvalue weighted by atomic mass is 16.5. The summed E-state index contributed by atoms with van der Waals surface area (Å²) in [6.45, 7) is 0.631. The molecule has 1 N–H and O–H groups in total. The molecule has 2 rings (SSSR count). The predicted molar refractivity (Wildman–Crippen MR) is 60.0 cm³/mol. The van der Waals surface area contributed by atoms with E-state index < -0.39 is 0 Å². The Morgan fingerprint density at radius 1 is 1.25 bits per heavy atom. The van der Waals surface area contributed by atoms with Gasteiger partial charge in [0, 0.05) is 6.61 Å². The fourth-order valence-electron chi connectivity index (χ4n) is 1.94. The molecule has 0 spiro atoms. The summed E-state index contributed by atoms with van der Waals surface area (Å²) in [5.41, 5.74) is 0.586. The third-order valence-corrected chi connectivity index (χ3v) is 3.25. The minimum Gasteiger partial charge on any atom is -0.462 e. The molecule has 0 radical (unpaired) electrons. The molecule has 0 heterocycles. The van der Waals surface area contributed by atoms with Crippen molar-refractivity contribution in [1.29, 1.82) is 0 Å². The lowest BCUT2D eigenvalue weighted by Crippen LogP contribution is -2.33. The monoisotopic (exact) mass is 220 g/mol. The van der Waals surface area contributed by atoms with Crippen molar-refractivity contribution in [3.8, 4) is 0 Å². The molecular formula is C13H16O3. The SMILES string of the molecule is O=C(OC[C@H]1CC[C@@H]1CO)c1ccccc1. The van der Waals surface area contributed by atoms with Gasteiger partial charge in [0.15, 0.2) is 0 Å². The maximum absolute atomic E-state index is 11.6. The van der Waals surface area contributed by atoms with Gasteiger partial charge in [0.1, 0.15) is 0 Å². The van der Waals surface area contributed by atoms with E-state index in [1.165, 1.54) is 0 Å². The van der Waals surface area contributed by atoms with Gasteiger partial charge < -0.3 is 9.84 Å². The number of rotatable bonds is 4. The van der Waals surface area contributed by atoms with Crippen molar-refractivity contribution in [2.45, 2.75) is 12.8 Å². The number of benzene rings is 1. The first-order valence-corrected chi connectivity index (χ1v) is 5.64. The van der Waals surface area contributed by atoms with Gasteiger partial charge in [-0.25, -0.2) is 4.79 Å². The van der Waals surface area contributed by atoms with Crippen molar-refractivity contribution >= 4 is 5.97 Å². The highest BCUT2D eigenvalue weighted by Gasteiger charge is 2.31. The van der Waals surface area contributed by atoms with Gasteiger partial charge in [0.05, 0.1) is 12.2 Å². The molecule has 1 saturated carbocycles. The molecule has 0 unspecified atom stereocenters. The second-order valence-electron chi connectivity index (χ2n) is 4.24. The molecule has 16 heavy (non-hydrogen) atoms. The summed E-state index contributed by atoms with van der Waals surface area (Å²) >= 11 is 0. The summed E-state index contributed by atoms with van der Waals surface area (Å²) < 4.78 is 5.21. The van der Waals surface area contributed by atoms with Crippen LogP contribution in [0.3, 0.4) is 0 Å². The summed E-state index contributed by atoms with van der Waals surface area (Å²) in [6.07, 6.45) is 2.09. The zero-order chi connectivity index (χ0) is 11.4. The first kappa shape index (κ1) is 11.1. The molecule has 1 aliphatic rings. The number of hydrogen-bond donors (Lipinski definition) is 1. The highest BCUT2D eigenvalue weighted by molar-refractivity contribution is 5.89. The van der Waals surface area contributed by atoms with Gasteiger partial charge in [-0.05, 0) is 36.8 Å². The van der Waals surface area contributed by atoms with Gasteiger partial charge in [0.2, 0.25) is 0 Å². The minimum atomic E-state index is -0.274. The molecule has 0 amide bonds. The highest BCUT2D eigenvalue weighted by Crippen LogP contribution is 2.33. The van der Waals surface area contributed by atoms with Crippen molar-refractivity contribution < 1.29 is 14.6 Å². The molecule has 1 fully saturated rings. The van der Waals surface area contributed by atoms with E-state index in [1.807, 2.05) is 18.2 Å². The van der Waals surface area contributed by atoms with E-state index in [1.54, 1.807) is 12.1 Å². The zero-order valence-corrected chi connectivity index (χ0v) is 9.13. The first-order valence-electron chi connectivity index (χ1n) is 5.64. The molecular weight excluding hydrogens is 204 g/mol. The smallest absolute Gasteiger partial charge is 0.338 e. The van der Waals surface area contributed by atoms with Gasteiger partial charge in [-0.2, -0.15) is 0 Å². The van der Waals surface area contributed by atoms with Crippen molar-refractivity contribution in [3.63, 3.8) is 0 Å². The van der Waals surface area contributed by atoms with Crippen LogP contribution in [0.25, 0.3) is 0 Å². The Labute approximate surface area is 95.0 Å². The van der Waals surface area contributed by atoms with Gasteiger partial charge in [0.25, 0.3) is 0 Å². The van der Waals surface area contributed by atoms with Crippen molar-refractivity contribution in [3.05, 3.63) is 35.9 Å². The summed E-state index contributed by atoms with van der Waals surface area (Å²) in [6, 6.07) is 8.98. The van der Waals surface area contributed by atoms with Crippen molar-refractivity contribution in [2.24, 2.45) is 11.8 Å². The van der Waals surface area contributed by atoms with E-state index in [0.717, 1.165) is 12.8 Å². The Morgan fingerprint density at radius 3 is 2.50 bits per heavy atom. The lowest BCUT2D eigenvalue weighted by atomic mass is 9.75. The first-order chi connectivity index (χ1) is 7.81. The van der Waals surface area contributed by atoms with E-state index in [0.29, 0.717) is 24.0 Å². The number of esters is 1. The predicted octanol–water partition coefficient (Wildman–Crippen LogP) is 1.86. The van der Waals surface area contributed by atoms with Crippen LogP contribution < -0.4 is 0 Å². The molecule has 0 aliphatic heterocycles. The Hall–Kier alpha value is -1.35. The van der Waals surface area contributed by atoms with E-state index >= 15 is 0 Å². The average Bonchev–Trinajstić information content (AvgIpc) is 2.29. The molecule has 0 aromatic heterocycles. The number of aliphatic hydroxyl groups is 1. The molecule has 0 saturated heterocycles. The molecule has 2 atom stereocenters. The Morgan fingerprint density at radius 2 is 1.94 bits per heavy atom. The van der Waals surface area contributed by atoms with Crippen LogP contribution in [0.15, 0.2) is 30.3 Å². The fourth-order valence-corrected chi connectivity index (χ4v) is 1.94. The second-order valence-corrected chi connectivity index (χ2v) is 4.24. The van der Waals surface area contributed by atoms with Crippen molar-refractivity contribution in [1.82, 2.24) is 0 Å². The summed E-state index contributed by atoms with van der Waals surface area (Å²) in [7, 11) is 0. The Kier molecular flexibility index (Phi) is 3.57. The summed E-state index contributed by atoms with van der Waals surface area (Å²) in [5.74, 6) is 0.394. The van der Waals surface area contributed by atoms with Gasteiger partial charge in [-0.3, -0.25) is 0 Å². The molecule has 0 bridgehead atoms. The third kappa shape index (κ3) is 2.42. The number of aliphatic hydroxyl groups excluding tert-OH is 1. The van der Waals surface area contributed by atoms with Crippen LogP contribution in [0, 0.1) is 11.8 Å². The van der Waals surface area contributed by atoms with Crippen LogP contribution in [0.2, 0.25) is 0 Å². The lowest BCUT2D eigenvalue weighted by molar-refractivity contribution is 0.0103. The summed E-state index contributed by atoms with van der Waals surface area (Å²) in [4.78, 5) is 11.6. The number of carbonyl (C=O) groups excluding carboxylic acids is 1. The number of ether oxygens (including phenoxy) is 1. The van der Waals surface area contributed by atoms with Crippen molar-refractivity contribution in [2.75, 3.05) is 13.2 Å². The van der Waals surface area contributed by atoms with Crippen LogP contribution in [0.4, 0.5) is 0 Å². The number of hydrogen-bond acceptors (Lipinski definition) is 3. The minimum absolute atomic E-state index is 0.202. The maximum Gasteiger partial charge on any atom is 0.338 e. The standard InChI is InChI=1S/C13H16O3/c14-8-11-6-7-12(11)9-16-13(15)10-4-2-1-3-5-10/h1-5,11-12,14H,6-9H2/t11-,12-/m1/s1. The number of carbonyl (C=O) groups is 1. The normalized spacial score (nSPS) is 23.6. The largest absolute Gasteiger partial charge is 0.462 e. The van der Waals surface area contributed by atoms with Crippen LogP contribution in [-0.4, -0.2) is 24.3 Å². The lowest BCUT2D eigenvalue weighted by Gasteiger charge is -2.34. The van der Waals surface area contributed by atoms with Gasteiger partial charge in [-0.15, -0.1) is 0 Å². The van der Waals surface area contributed by atoms with E-state index in [2.05, 4.69) is 0 Å². The van der Waals surface area contributed by atoms with Gasteiger partial charge >= 0.3 is 5.97 Å². The molecule has 86 valence electrons. The zero-order valence-electron chi connectivity index (χ0n) is 9.13. The van der Waals surface area contributed by atoms with Crippen LogP contribution in [-0.2, 0) is 4.74 Å².